The molecule has 2 aromatic heterocycles. The summed E-state index contributed by atoms with van der Waals surface area (Å²) in [5, 5.41) is 4.75. The summed E-state index contributed by atoms with van der Waals surface area (Å²) in [6.45, 7) is 0. The largest absolute Gasteiger partial charge is 0.456 e. The Morgan fingerprint density at radius 1 is 0.422 bits per heavy atom. The molecule has 3 nitrogen and oxygen atoms in total. The molecule has 7 aromatic carbocycles. The molecule has 9 aromatic rings. The van der Waals surface area contributed by atoms with Crippen LogP contribution < -0.4 is 4.90 Å². The van der Waals surface area contributed by atoms with E-state index in [1.807, 2.05) is 12.1 Å². The highest BCUT2D eigenvalue weighted by molar-refractivity contribution is 6.14. The molecule has 0 saturated heterocycles. The van der Waals surface area contributed by atoms with Crippen molar-refractivity contribution in [3.8, 4) is 16.8 Å². The van der Waals surface area contributed by atoms with Gasteiger partial charge in [0.2, 0.25) is 0 Å². The van der Waals surface area contributed by atoms with Crippen LogP contribution in [0.5, 0.6) is 0 Å². The average molecular weight is 577 g/mol. The van der Waals surface area contributed by atoms with E-state index in [1.54, 1.807) is 0 Å². The molecule has 0 bridgehead atoms. The van der Waals surface area contributed by atoms with E-state index in [-0.39, 0.29) is 0 Å². The van der Waals surface area contributed by atoms with Crippen LogP contribution in [-0.4, -0.2) is 4.57 Å². The molecule has 212 valence electrons. The second kappa shape index (κ2) is 10.3. The highest BCUT2D eigenvalue weighted by Gasteiger charge is 2.19. The van der Waals surface area contributed by atoms with Gasteiger partial charge in [0, 0.05) is 55.9 Å². The SMILES string of the molecule is c1ccc(N(c2cccc(-c3cccc4c5ccccc5n(-c5ccccc5)c34)c2)c2ccc3c(c2)oc2ccccc23)cc1. The van der Waals surface area contributed by atoms with Crippen molar-refractivity contribution < 1.29 is 4.42 Å². The van der Waals surface area contributed by atoms with E-state index < -0.39 is 0 Å². The maximum atomic E-state index is 6.31. The van der Waals surface area contributed by atoms with Gasteiger partial charge in [0.05, 0.1) is 11.0 Å². The van der Waals surface area contributed by atoms with E-state index in [4.69, 9.17) is 4.42 Å². The number of fused-ring (bicyclic) bond motifs is 6. The molecule has 45 heavy (non-hydrogen) atoms. The van der Waals surface area contributed by atoms with Crippen LogP contribution in [0.15, 0.2) is 174 Å². The molecule has 9 rings (SSSR count). The molecule has 0 atom stereocenters. The summed E-state index contributed by atoms with van der Waals surface area (Å²) in [6.07, 6.45) is 0. The lowest BCUT2D eigenvalue weighted by Crippen LogP contribution is -2.09. The maximum Gasteiger partial charge on any atom is 0.137 e. The van der Waals surface area contributed by atoms with Gasteiger partial charge in [-0.05, 0) is 66.2 Å². The van der Waals surface area contributed by atoms with Crippen molar-refractivity contribution >= 4 is 60.8 Å². The highest BCUT2D eigenvalue weighted by Crippen LogP contribution is 2.42. The summed E-state index contributed by atoms with van der Waals surface area (Å²) in [5.74, 6) is 0. The van der Waals surface area contributed by atoms with Gasteiger partial charge in [-0.15, -0.1) is 0 Å². The maximum absolute atomic E-state index is 6.31. The van der Waals surface area contributed by atoms with Crippen LogP contribution in [0.3, 0.4) is 0 Å². The summed E-state index contributed by atoms with van der Waals surface area (Å²) < 4.78 is 8.71. The van der Waals surface area contributed by atoms with Crippen molar-refractivity contribution in [2.75, 3.05) is 4.90 Å². The molecule has 0 saturated carbocycles. The molecule has 0 N–H and O–H groups in total. The fourth-order valence-electron chi connectivity index (χ4n) is 6.79. The quantitative estimate of drug-likeness (QED) is 0.203. The van der Waals surface area contributed by atoms with Crippen molar-refractivity contribution in [3.05, 3.63) is 170 Å². The van der Waals surface area contributed by atoms with Gasteiger partial charge in [-0.1, -0.05) is 103 Å². The second-order valence-corrected chi connectivity index (χ2v) is 11.4. The van der Waals surface area contributed by atoms with E-state index in [0.29, 0.717) is 0 Å². The zero-order valence-corrected chi connectivity index (χ0v) is 24.5. The molecule has 2 heterocycles. The number of hydrogen-bond donors (Lipinski definition) is 0. The number of nitrogens with zero attached hydrogens (tertiary/aromatic N) is 2. The molecule has 0 aliphatic carbocycles. The molecule has 0 amide bonds. The third-order valence-corrected chi connectivity index (χ3v) is 8.76. The van der Waals surface area contributed by atoms with Gasteiger partial charge < -0.3 is 13.9 Å². The predicted molar refractivity (Wildman–Crippen MR) is 188 cm³/mol. The van der Waals surface area contributed by atoms with Crippen molar-refractivity contribution in [2.24, 2.45) is 0 Å². The molecule has 3 heteroatoms. The van der Waals surface area contributed by atoms with Gasteiger partial charge in [0.15, 0.2) is 0 Å². The minimum absolute atomic E-state index is 0.878. The number of aromatic nitrogens is 1. The van der Waals surface area contributed by atoms with E-state index in [0.717, 1.165) is 50.3 Å². The van der Waals surface area contributed by atoms with Crippen molar-refractivity contribution in [3.63, 3.8) is 0 Å². The Morgan fingerprint density at radius 2 is 1.07 bits per heavy atom. The Morgan fingerprint density at radius 3 is 1.93 bits per heavy atom. The lowest BCUT2D eigenvalue weighted by atomic mass is 10.0. The molecule has 0 aliphatic heterocycles. The Hall–Kier alpha value is -6.06. The molecular formula is C42H28N2O. The summed E-state index contributed by atoms with van der Waals surface area (Å²) >= 11 is 0. The number of anilines is 3. The zero-order valence-electron chi connectivity index (χ0n) is 24.5. The van der Waals surface area contributed by atoms with Gasteiger partial charge >= 0.3 is 0 Å². The molecule has 0 radical (unpaired) electrons. The van der Waals surface area contributed by atoms with E-state index in [1.165, 1.54) is 27.4 Å². The second-order valence-electron chi connectivity index (χ2n) is 11.4. The first kappa shape index (κ1) is 25.4. The van der Waals surface area contributed by atoms with Crippen LogP contribution >= 0.6 is 0 Å². The van der Waals surface area contributed by atoms with E-state index in [9.17, 15) is 0 Å². The topological polar surface area (TPSA) is 21.3 Å². The third kappa shape index (κ3) is 4.13. The normalized spacial score (nSPS) is 11.6. The number of furan rings is 1. The summed E-state index contributed by atoms with van der Waals surface area (Å²) in [7, 11) is 0. The lowest BCUT2D eigenvalue weighted by molar-refractivity contribution is 0.669. The molecule has 0 aliphatic rings. The van der Waals surface area contributed by atoms with Crippen molar-refractivity contribution in [2.45, 2.75) is 0 Å². The number of rotatable bonds is 5. The molecule has 0 spiro atoms. The lowest BCUT2D eigenvalue weighted by Gasteiger charge is -2.26. The minimum Gasteiger partial charge on any atom is -0.456 e. The Bertz CT molecular complexity index is 2490. The fourth-order valence-corrected chi connectivity index (χ4v) is 6.79. The van der Waals surface area contributed by atoms with Gasteiger partial charge in [-0.2, -0.15) is 0 Å². The summed E-state index contributed by atoms with van der Waals surface area (Å²) in [6, 6.07) is 60.2. The number of hydrogen-bond acceptors (Lipinski definition) is 2. The first-order valence-electron chi connectivity index (χ1n) is 15.3. The Balaban J connectivity index is 1.26. The highest BCUT2D eigenvalue weighted by atomic mass is 16.3. The average Bonchev–Trinajstić information content (AvgIpc) is 3.65. The smallest absolute Gasteiger partial charge is 0.137 e. The summed E-state index contributed by atoms with van der Waals surface area (Å²) in [5.41, 5.74) is 10.9. The molecule has 0 fully saturated rings. The molecular weight excluding hydrogens is 548 g/mol. The van der Waals surface area contributed by atoms with Gasteiger partial charge in [0.1, 0.15) is 11.2 Å². The van der Waals surface area contributed by atoms with Crippen molar-refractivity contribution in [1.29, 1.82) is 0 Å². The van der Waals surface area contributed by atoms with Crippen LogP contribution in [0.4, 0.5) is 17.1 Å². The first-order chi connectivity index (χ1) is 22.3. The number of para-hydroxylation sites is 5. The fraction of sp³-hybridized carbons (Fsp3) is 0. The van der Waals surface area contributed by atoms with Crippen LogP contribution in [0, 0.1) is 0 Å². The number of benzene rings is 7. The predicted octanol–water partition coefficient (Wildman–Crippen LogP) is 11.8. The van der Waals surface area contributed by atoms with Crippen molar-refractivity contribution in [1.82, 2.24) is 4.57 Å². The van der Waals surface area contributed by atoms with Gasteiger partial charge in [-0.25, -0.2) is 0 Å². The minimum atomic E-state index is 0.878. The monoisotopic (exact) mass is 576 g/mol. The van der Waals surface area contributed by atoms with Crippen LogP contribution in [0.2, 0.25) is 0 Å². The first-order valence-corrected chi connectivity index (χ1v) is 15.3. The standard InChI is InChI=1S/C42H28N2O/c1-3-14-30(15-4-1)43(33-25-26-37-36-20-8-10-24-40(36)45-41(37)28-33)32-18-11-13-29(27-32)34-21-12-22-38-35-19-7-9-23-39(35)44(42(34)38)31-16-5-2-6-17-31/h1-28H. The van der Waals surface area contributed by atoms with Gasteiger partial charge in [-0.3, -0.25) is 0 Å². The third-order valence-electron chi connectivity index (χ3n) is 8.76. The van der Waals surface area contributed by atoms with E-state index in [2.05, 4.69) is 167 Å². The molecule has 0 unspecified atom stereocenters. The summed E-state index contributed by atoms with van der Waals surface area (Å²) in [4.78, 5) is 2.31. The van der Waals surface area contributed by atoms with Gasteiger partial charge in [0.25, 0.3) is 0 Å². The Labute approximate surface area is 260 Å². The van der Waals surface area contributed by atoms with Crippen LogP contribution in [0.1, 0.15) is 0 Å². The zero-order chi connectivity index (χ0) is 29.7. The van der Waals surface area contributed by atoms with Crippen LogP contribution in [-0.2, 0) is 0 Å². The van der Waals surface area contributed by atoms with E-state index >= 15 is 0 Å². The Kier molecular flexibility index (Phi) is 5.82. The van der Waals surface area contributed by atoms with Crippen LogP contribution in [0.25, 0.3) is 60.6 Å².